The van der Waals surface area contributed by atoms with Crippen LogP contribution in [0.15, 0.2) is 48.5 Å². The second-order valence-corrected chi connectivity index (χ2v) is 9.34. The van der Waals surface area contributed by atoms with Gasteiger partial charge in [0.25, 0.3) is 0 Å². The van der Waals surface area contributed by atoms with Gasteiger partial charge >= 0.3 is 12.1 Å². The molecule has 0 radical (unpaired) electrons. The van der Waals surface area contributed by atoms with Crippen LogP contribution in [-0.4, -0.2) is 53.5 Å². The molecule has 0 heterocycles. The largest absolute Gasteiger partial charge is 0.480 e. The van der Waals surface area contributed by atoms with E-state index in [1.165, 1.54) is 0 Å². The van der Waals surface area contributed by atoms with Gasteiger partial charge in [-0.1, -0.05) is 80.6 Å². The predicted molar refractivity (Wildman–Crippen MR) is 130 cm³/mol. The normalized spacial score (nSPS) is 17.1. The summed E-state index contributed by atoms with van der Waals surface area (Å²) in [7, 11) is 0. The van der Waals surface area contributed by atoms with Crippen LogP contribution in [0.5, 0.6) is 0 Å². The highest BCUT2D eigenvalue weighted by Gasteiger charge is 2.32. The number of aliphatic carboxylic acids is 1. The minimum atomic E-state index is -1.43. The van der Waals surface area contributed by atoms with Gasteiger partial charge in [-0.2, -0.15) is 0 Å². The highest BCUT2D eigenvalue weighted by Crippen LogP contribution is 2.44. The standard InChI is InChI=1S/C27H32N2O6/c30-15-24(26(32)33)28-25(31)23(14-17-8-2-1-3-9-17)29-27(34)35-16-22-20-12-6-4-10-18(20)19-11-5-7-13-21(19)22/h4-7,10-13,17,22-24,30H,1-3,8-9,14-16H2,(H,28,31)(H,29,34)(H,32,33)/t23?,24-/m1/s1. The van der Waals surface area contributed by atoms with Crippen LogP contribution in [0.25, 0.3) is 11.1 Å². The molecular formula is C27H32N2O6. The van der Waals surface area contributed by atoms with Crippen molar-refractivity contribution in [2.75, 3.05) is 13.2 Å². The van der Waals surface area contributed by atoms with E-state index in [0.717, 1.165) is 54.4 Å². The van der Waals surface area contributed by atoms with Crippen molar-refractivity contribution >= 4 is 18.0 Å². The Bertz CT molecular complexity index is 1020. The van der Waals surface area contributed by atoms with E-state index in [1.807, 2.05) is 36.4 Å². The Balaban J connectivity index is 1.43. The summed E-state index contributed by atoms with van der Waals surface area (Å²) in [5.41, 5.74) is 4.42. The molecule has 2 aromatic carbocycles. The van der Waals surface area contributed by atoms with E-state index in [9.17, 15) is 24.6 Å². The number of fused-ring (bicyclic) bond motifs is 3. The van der Waals surface area contributed by atoms with E-state index in [1.54, 1.807) is 0 Å². The quantitative estimate of drug-likeness (QED) is 0.436. The van der Waals surface area contributed by atoms with E-state index in [2.05, 4.69) is 22.8 Å². The van der Waals surface area contributed by atoms with Crippen molar-refractivity contribution < 1.29 is 29.3 Å². The minimum absolute atomic E-state index is 0.107. The first-order valence-corrected chi connectivity index (χ1v) is 12.2. The van der Waals surface area contributed by atoms with E-state index in [0.29, 0.717) is 6.42 Å². The van der Waals surface area contributed by atoms with Gasteiger partial charge in [0.1, 0.15) is 18.7 Å². The van der Waals surface area contributed by atoms with Gasteiger partial charge in [-0.15, -0.1) is 0 Å². The maximum atomic E-state index is 12.9. The number of carboxylic acids is 1. The zero-order chi connectivity index (χ0) is 24.8. The van der Waals surface area contributed by atoms with Crippen molar-refractivity contribution in [1.82, 2.24) is 10.6 Å². The Labute approximate surface area is 204 Å². The molecular weight excluding hydrogens is 448 g/mol. The summed E-state index contributed by atoms with van der Waals surface area (Å²) in [6.07, 6.45) is 4.87. The van der Waals surface area contributed by atoms with Gasteiger partial charge < -0.3 is 25.6 Å². The van der Waals surface area contributed by atoms with Crippen LogP contribution >= 0.6 is 0 Å². The molecule has 0 aliphatic heterocycles. The lowest BCUT2D eigenvalue weighted by Gasteiger charge is -2.27. The molecule has 0 spiro atoms. The Morgan fingerprint density at radius 2 is 1.49 bits per heavy atom. The number of amides is 2. The highest BCUT2D eigenvalue weighted by molar-refractivity contribution is 5.89. The summed E-state index contributed by atoms with van der Waals surface area (Å²) in [6, 6.07) is 13.7. The summed E-state index contributed by atoms with van der Waals surface area (Å²) in [6.45, 7) is -0.617. The first kappa shape index (κ1) is 24.7. The fourth-order valence-electron chi connectivity index (χ4n) is 5.23. The number of aliphatic hydroxyl groups excluding tert-OH is 1. The first-order valence-electron chi connectivity index (χ1n) is 12.2. The Kier molecular flexibility index (Phi) is 8.02. The number of alkyl carbamates (subject to hydrolysis) is 1. The number of ether oxygens (including phenoxy) is 1. The Hall–Kier alpha value is -3.39. The van der Waals surface area contributed by atoms with Crippen molar-refractivity contribution in [3.63, 3.8) is 0 Å². The Morgan fingerprint density at radius 3 is 2.06 bits per heavy atom. The van der Waals surface area contributed by atoms with Crippen LogP contribution in [-0.2, 0) is 14.3 Å². The number of carbonyl (C=O) groups excluding carboxylic acids is 2. The first-order chi connectivity index (χ1) is 17.0. The maximum Gasteiger partial charge on any atom is 0.407 e. The van der Waals surface area contributed by atoms with Gasteiger partial charge in [0.15, 0.2) is 0 Å². The molecule has 2 aliphatic rings. The molecule has 2 aliphatic carbocycles. The van der Waals surface area contributed by atoms with Gasteiger partial charge in [0.2, 0.25) is 5.91 Å². The molecule has 4 N–H and O–H groups in total. The molecule has 0 aromatic heterocycles. The number of hydrogen-bond donors (Lipinski definition) is 4. The number of benzene rings is 2. The summed E-state index contributed by atoms with van der Waals surface area (Å²) < 4.78 is 5.59. The lowest BCUT2D eigenvalue weighted by atomic mass is 9.84. The van der Waals surface area contributed by atoms with Crippen molar-refractivity contribution in [3.05, 3.63) is 59.7 Å². The molecule has 0 saturated heterocycles. The zero-order valence-corrected chi connectivity index (χ0v) is 19.6. The number of aliphatic hydroxyl groups is 1. The van der Waals surface area contributed by atoms with E-state index >= 15 is 0 Å². The van der Waals surface area contributed by atoms with Gasteiger partial charge in [-0.25, -0.2) is 9.59 Å². The molecule has 2 aromatic rings. The third-order valence-corrected chi connectivity index (χ3v) is 7.04. The molecule has 8 nitrogen and oxygen atoms in total. The van der Waals surface area contributed by atoms with Crippen LogP contribution in [0.2, 0.25) is 0 Å². The van der Waals surface area contributed by atoms with Crippen LogP contribution in [0.1, 0.15) is 55.6 Å². The third-order valence-electron chi connectivity index (χ3n) is 7.04. The lowest BCUT2D eigenvalue weighted by molar-refractivity contribution is -0.143. The topological polar surface area (TPSA) is 125 Å². The lowest BCUT2D eigenvalue weighted by Crippen LogP contribution is -2.53. The summed E-state index contributed by atoms with van der Waals surface area (Å²) >= 11 is 0. The molecule has 2 amide bonds. The zero-order valence-electron chi connectivity index (χ0n) is 19.6. The molecule has 186 valence electrons. The second kappa shape index (κ2) is 11.4. The number of nitrogens with one attached hydrogen (secondary N) is 2. The van der Waals surface area contributed by atoms with Crippen LogP contribution in [0, 0.1) is 5.92 Å². The van der Waals surface area contributed by atoms with Crippen molar-refractivity contribution in [1.29, 1.82) is 0 Å². The van der Waals surface area contributed by atoms with E-state index in [4.69, 9.17) is 4.74 Å². The number of carboxylic acid groups (broad SMARTS) is 1. The molecule has 4 rings (SSSR count). The molecule has 1 unspecified atom stereocenters. The van der Waals surface area contributed by atoms with Crippen molar-refractivity contribution in [2.45, 2.75) is 56.5 Å². The fourth-order valence-corrected chi connectivity index (χ4v) is 5.23. The number of rotatable bonds is 9. The van der Waals surface area contributed by atoms with Crippen LogP contribution in [0.3, 0.4) is 0 Å². The third kappa shape index (κ3) is 5.82. The van der Waals surface area contributed by atoms with Gasteiger partial charge in [0.05, 0.1) is 6.61 Å². The minimum Gasteiger partial charge on any atom is -0.480 e. The summed E-state index contributed by atoms with van der Waals surface area (Å²) in [4.78, 5) is 36.9. The molecule has 8 heteroatoms. The predicted octanol–water partition coefficient (Wildman–Crippen LogP) is 3.43. The van der Waals surface area contributed by atoms with Crippen LogP contribution < -0.4 is 10.6 Å². The highest BCUT2D eigenvalue weighted by atomic mass is 16.5. The fraction of sp³-hybridized carbons (Fsp3) is 0.444. The molecule has 2 atom stereocenters. The maximum absolute atomic E-state index is 12.9. The summed E-state index contributed by atoms with van der Waals surface area (Å²) in [5, 5.41) is 23.5. The second-order valence-electron chi connectivity index (χ2n) is 9.34. The molecule has 35 heavy (non-hydrogen) atoms. The van der Waals surface area contributed by atoms with Gasteiger partial charge in [0, 0.05) is 5.92 Å². The number of hydrogen-bond acceptors (Lipinski definition) is 5. The van der Waals surface area contributed by atoms with Gasteiger partial charge in [-0.05, 0) is 34.6 Å². The van der Waals surface area contributed by atoms with Crippen molar-refractivity contribution in [2.24, 2.45) is 5.92 Å². The summed E-state index contributed by atoms with van der Waals surface area (Å²) in [5.74, 6) is -1.82. The average Bonchev–Trinajstić information content (AvgIpc) is 3.19. The molecule has 1 fully saturated rings. The SMILES string of the molecule is O=C(NC(CC1CCCCC1)C(=O)N[C@H](CO)C(=O)O)OCC1c2ccccc2-c2ccccc21. The average molecular weight is 481 g/mol. The van der Waals surface area contributed by atoms with Crippen molar-refractivity contribution in [3.8, 4) is 11.1 Å². The van der Waals surface area contributed by atoms with Crippen LogP contribution in [0.4, 0.5) is 4.79 Å². The Morgan fingerprint density at radius 1 is 0.886 bits per heavy atom. The number of carbonyl (C=O) groups is 3. The molecule has 0 bridgehead atoms. The van der Waals surface area contributed by atoms with E-state index < -0.39 is 36.7 Å². The van der Waals surface area contributed by atoms with Gasteiger partial charge in [-0.3, -0.25) is 4.79 Å². The monoisotopic (exact) mass is 480 g/mol. The molecule has 1 saturated carbocycles. The smallest absolute Gasteiger partial charge is 0.407 e. The van der Waals surface area contributed by atoms with E-state index in [-0.39, 0.29) is 18.4 Å².